The minimum atomic E-state index is -1.20. The Labute approximate surface area is 229 Å². The molecule has 0 fully saturated rings. The van der Waals surface area contributed by atoms with E-state index in [1.165, 1.54) is 6.92 Å². The van der Waals surface area contributed by atoms with Crippen LogP contribution in [-0.2, 0) is 34.0 Å². The van der Waals surface area contributed by atoms with Gasteiger partial charge in [-0.25, -0.2) is 4.79 Å². The molecule has 0 unspecified atom stereocenters. The molecule has 206 valence electrons. The van der Waals surface area contributed by atoms with Crippen molar-refractivity contribution >= 4 is 17.8 Å². The Morgan fingerprint density at radius 3 is 1.82 bits per heavy atom. The van der Waals surface area contributed by atoms with Crippen LogP contribution in [0.5, 0.6) is 11.5 Å². The van der Waals surface area contributed by atoms with Gasteiger partial charge in [-0.3, -0.25) is 9.59 Å². The van der Waals surface area contributed by atoms with Gasteiger partial charge in [0.2, 0.25) is 11.8 Å². The average Bonchev–Trinajstić information content (AvgIpc) is 2.91. The predicted molar refractivity (Wildman–Crippen MR) is 148 cm³/mol. The number of rotatable bonds is 14. The molecule has 0 aromatic heterocycles. The van der Waals surface area contributed by atoms with E-state index < -0.39 is 24.0 Å². The fourth-order valence-electron chi connectivity index (χ4n) is 4.04. The smallest absolute Gasteiger partial charge is 0.326 e. The summed E-state index contributed by atoms with van der Waals surface area (Å²) >= 11 is 0. The average molecular weight is 533 g/mol. The molecule has 0 aliphatic heterocycles. The first-order valence-electron chi connectivity index (χ1n) is 13.0. The highest BCUT2D eigenvalue weighted by atomic mass is 16.5. The van der Waals surface area contributed by atoms with Crippen LogP contribution in [0.1, 0.15) is 43.9 Å². The Morgan fingerprint density at radius 2 is 1.31 bits per heavy atom. The molecule has 0 saturated carbocycles. The first-order valence-corrected chi connectivity index (χ1v) is 13.0. The van der Waals surface area contributed by atoms with Crippen molar-refractivity contribution in [2.45, 2.75) is 58.9 Å². The minimum Gasteiger partial charge on any atom is -0.485 e. The van der Waals surface area contributed by atoms with E-state index in [2.05, 4.69) is 10.6 Å². The number of carboxylic acids is 1. The standard InChI is InChI=1S/C31H36N2O6/c1-21(2)16-26(32-22(3)34)30(35)33-27(31(36)37)17-25-14-15-28(38-19-23-10-6-4-7-11-23)29(18-25)39-20-24-12-8-5-9-13-24/h4-15,18,21,26-27H,16-17,19-20H2,1-3H3,(H,32,34)(H,33,35)(H,36,37)/t26-,27+/m0/s1. The molecule has 0 heterocycles. The summed E-state index contributed by atoms with van der Waals surface area (Å²) < 4.78 is 12.1. The van der Waals surface area contributed by atoms with E-state index in [0.29, 0.717) is 36.7 Å². The molecule has 0 radical (unpaired) electrons. The summed E-state index contributed by atoms with van der Waals surface area (Å²) in [7, 11) is 0. The predicted octanol–water partition coefficient (Wildman–Crippen LogP) is 4.51. The van der Waals surface area contributed by atoms with Gasteiger partial charge < -0.3 is 25.2 Å². The van der Waals surface area contributed by atoms with Gasteiger partial charge in [-0.15, -0.1) is 0 Å². The second kappa shape index (κ2) is 14.6. The van der Waals surface area contributed by atoms with E-state index in [4.69, 9.17) is 9.47 Å². The van der Waals surface area contributed by atoms with E-state index in [-0.39, 0.29) is 18.2 Å². The molecule has 3 N–H and O–H groups in total. The molecule has 0 bridgehead atoms. The Hall–Kier alpha value is -4.33. The lowest BCUT2D eigenvalue weighted by Crippen LogP contribution is -2.52. The molecule has 8 nitrogen and oxygen atoms in total. The van der Waals surface area contributed by atoms with Crippen molar-refractivity contribution in [3.63, 3.8) is 0 Å². The van der Waals surface area contributed by atoms with Gasteiger partial charge in [0, 0.05) is 13.3 Å². The molecule has 0 spiro atoms. The van der Waals surface area contributed by atoms with Crippen LogP contribution in [0.2, 0.25) is 0 Å². The number of carbonyl (C=O) groups is 3. The van der Waals surface area contributed by atoms with Gasteiger partial charge in [0.05, 0.1) is 0 Å². The monoisotopic (exact) mass is 532 g/mol. The lowest BCUT2D eigenvalue weighted by molar-refractivity contribution is -0.142. The van der Waals surface area contributed by atoms with Gasteiger partial charge in [-0.05, 0) is 41.2 Å². The number of benzene rings is 3. The lowest BCUT2D eigenvalue weighted by Gasteiger charge is -2.22. The van der Waals surface area contributed by atoms with Crippen LogP contribution in [0.4, 0.5) is 0 Å². The van der Waals surface area contributed by atoms with Crippen LogP contribution < -0.4 is 20.1 Å². The van der Waals surface area contributed by atoms with Crippen molar-refractivity contribution in [3.8, 4) is 11.5 Å². The summed E-state index contributed by atoms with van der Waals surface area (Å²) in [6.45, 7) is 5.83. The van der Waals surface area contributed by atoms with Crippen LogP contribution >= 0.6 is 0 Å². The maximum atomic E-state index is 12.9. The number of carboxylic acid groups (broad SMARTS) is 1. The van der Waals surface area contributed by atoms with Gasteiger partial charge in [-0.1, -0.05) is 80.6 Å². The van der Waals surface area contributed by atoms with Crippen LogP contribution in [0, 0.1) is 5.92 Å². The molecule has 2 amide bonds. The molecular formula is C31H36N2O6. The molecule has 3 aromatic rings. The Morgan fingerprint density at radius 1 is 0.744 bits per heavy atom. The quantitative estimate of drug-likeness (QED) is 0.282. The van der Waals surface area contributed by atoms with E-state index in [0.717, 1.165) is 11.1 Å². The number of hydrogen-bond acceptors (Lipinski definition) is 5. The van der Waals surface area contributed by atoms with Crippen LogP contribution in [0.25, 0.3) is 0 Å². The highest BCUT2D eigenvalue weighted by Crippen LogP contribution is 2.30. The molecule has 39 heavy (non-hydrogen) atoms. The number of carbonyl (C=O) groups excluding carboxylic acids is 2. The van der Waals surface area contributed by atoms with Crippen molar-refractivity contribution in [2.75, 3.05) is 0 Å². The highest BCUT2D eigenvalue weighted by Gasteiger charge is 2.27. The van der Waals surface area contributed by atoms with Crippen molar-refractivity contribution in [3.05, 3.63) is 95.6 Å². The Bertz CT molecular complexity index is 1230. The van der Waals surface area contributed by atoms with Crippen molar-refractivity contribution in [1.29, 1.82) is 0 Å². The maximum Gasteiger partial charge on any atom is 0.326 e. The van der Waals surface area contributed by atoms with Gasteiger partial charge in [-0.2, -0.15) is 0 Å². The van der Waals surface area contributed by atoms with Crippen LogP contribution in [0.15, 0.2) is 78.9 Å². The SMILES string of the molecule is CC(=O)N[C@@H](CC(C)C)C(=O)N[C@H](Cc1ccc(OCc2ccccc2)c(OCc2ccccc2)c1)C(=O)O. The summed E-state index contributed by atoms with van der Waals surface area (Å²) in [5.41, 5.74) is 2.62. The number of amides is 2. The summed E-state index contributed by atoms with van der Waals surface area (Å²) in [4.78, 5) is 36.6. The van der Waals surface area contributed by atoms with Crippen molar-refractivity contribution in [1.82, 2.24) is 10.6 Å². The van der Waals surface area contributed by atoms with E-state index in [9.17, 15) is 19.5 Å². The molecule has 0 saturated heterocycles. The topological polar surface area (TPSA) is 114 Å². The third-order valence-corrected chi connectivity index (χ3v) is 5.94. The third kappa shape index (κ3) is 9.81. The van der Waals surface area contributed by atoms with Gasteiger partial charge in [0.15, 0.2) is 11.5 Å². The molecule has 0 aliphatic rings. The summed E-state index contributed by atoms with van der Waals surface area (Å²) in [6, 6.07) is 22.7. The largest absolute Gasteiger partial charge is 0.485 e. The molecule has 3 rings (SSSR count). The van der Waals surface area contributed by atoms with Crippen LogP contribution in [0.3, 0.4) is 0 Å². The molecule has 8 heteroatoms. The summed E-state index contributed by atoms with van der Waals surface area (Å²) in [6.07, 6.45) is 0.416. The fraction of sp³-hybridized carbons (Fsp3) is 0.323. The van der Waals surface area contributed by atoms with Crippen molar-refractivity contribution < 1.29 is 29.0 Å². The van der Waals surface area contributed by atoms with Gasteiger partial charge in [0.25, 0.3) is 0 Å². The fourth-order valence-corrected chi connectivity index (χ4v) is 4.04. The van der Waals surface area contributed by atoms with E-state index in [1.54, 1.807) is 18.2 Å². The van der Waals surface area contributed by atoms with Crippen LogP contribution in [-0.4, -0.2) is 35.0 Å². The molecular weight excluding hydrogens is 496 g/mol. The maximum absolute atomic E-state index is 12.9. The number of aliphatic carboxylic acids is 1. The third-order valence-electron chi connectivity index (χ3n) is 5.94. The van der Waals surface area contributed by atoms with Crippen molar-refractivity contribution in [2.24, 2.45) is 5.92 Å². The number of nitrogens with one attached hydrogen (secondary N) is 2. The summed E-state index contributed by atoms with van der Waals surface area (Å²) in [5, 5.41) is 15.1. The van der Waals surface area contributed by atoms with E-state index in [1.807, 2.05) is 74.5 Å². The second-order valence-electron chi connectivity index (χ2n) is 9.82. The number of hydrogen-bond donors (Lipinski definition) is 3. The van der Waals surface area contributed by atoms with E-state index >= 15 is 0 Å². The minimum absolute atomic E-state index is 0.0240. The normalized spacial score (nSPS) is 12.3. The Kier molecular flexibility index (Phi) is 10.9. The summed E-state index contributed by atoms with van der Waals surface area (Å²) in [5.74, 6) is -0.936. The molecule has 3 aromatic carbocycles. The first-order chi connectivity index (χ1) is 18.7. The zero-order valence-corrected chi connectivity index (χ0v) is 22.6. The number of ether oxygens (including phenoxy) is 2. The molecule has 0 aliphatic carbocycles. The molecule has 2 atom stereocenters. The second-order valence-corrected chi connectivity index (χ2v) is 9.82. The van der Waals surface area contributed by atoms with Gasteiger partial charge in [0.1, 0.15) is 25.3 Å². The zero-order chi connectivity index (χ0) is 28.2. The zero-order valence-electron chi connectivity index (χ0n) is 22.6. The Balaban J connectivity index is 1.78. The highest BCUT2D eigenvalue weighted by molar-refractivity contribution is 5.90. The lowest BCUT2D eigenvalue weighted by atomic mass is 10.0. The first kappa shape index (κ1) is 29.2. The van der Waals surface area contributed by atoms with Gasteiger partial charge >= 0.3 is 5.97 Å².